The number of aryl methyl sites for hydroxylation is 4. The minimum absolute atomic E-state index is 0.0581. The molecule has 1 heterocycles. The van der Waals surface area contributed by atoms with Gasteiger partial charge in [0.2, 0.25) is 10.0 Å². The quantitative estimate of drug-likeness (QED) is 0.826. The molecule has 1 atom stereocenters. The van der Waals surface area contributed by atoms with Crippen molar-refractivity contribution < 1.29 is 8.42 Å². The van der Waals surface area contributed by atoms with Gasteiger partial charge in [-0.25, -0.2) is 8.42 Å². The molecule has 128 valence electrons. The van der Waals surface area contributed by atoms with Gasteiger partial charge in [-0.05, 0) is 74.4 Å². The van der Waals surface area contributed by atoms with E-state index < -0.39 is 10.0 Å². The van der Waals surface area contributed by atoms with E-state index in [1.54, 1.807) is 4.31 Å². The largest absolute Gasteiger partial charge is 0.243 e. The van der Waals surface area contributed by atoms with Crippen LogP contribution in [-0.2, 0) is 10.0 Å². The molecule has 0 saturated carbocycles. The lowest BCUT2D eigenvalue weighted by Gasteiger charge is -2.26. The maximum Gasteiger partial charge on any atom is 0.243 e. The number of rotatable bonds is 3. The Morgan fingerprint density at radius 1 is 0.917 bits per heavy atom. The minimum atomic E-state index is -3.49. The zero-order valence-corrected chi connectivity index (χ0v) is 15.7. The van der Waals surface area contributed by atoms with Gasteiger partial charge in [0, 0.05) is 6.54 Å². The summed E-state index contributed by atoms with van der Waals surface area (Å²) < 4.78 is 28.4. The molecule has 0 amide bonds. The van der Waals surface area contributed by atoms with Crippen molar-refractivity contribution in [3.63, 3.8) is 0 Å². The van der Waals surface area contributed by atoms with Crippen LogP contribution in [0.3, 0.4) is 0 Å². The average Bonchev–Trinajstić information content (AvgIpc) is 3.01. The smallest absolute Gasteiger partial charge is 0.207 e. The van der Waals surface area contributed by atoms with Gasteiger partial charge in [-0.15, -0.1) is 0 Å². The summed E-state index contributed by atoms with van der Waals surface area (Å²) >= 11 is 0. The maximum absolute atomic E-state index is 13.3. The molecular weight excluding hydrogens is 318 g/mol. The van der Waals surface area contributed by atoms with Crippen molar-refractivity contribution in [2.24, 2.45) is 0 Å². The Hall–Kier alpha value is -1.65. The fraction of sp³-hybridized carbons (Fsp3) is 0.400. The second-order valence-electron chi connectivity index (χ2n) is 6.83. The summed E-state index contributed by atoms with van der Waals surface area (Å²) in [4.78, 5) is 0.450. The van der Waals surface area contributed by atoms with Gasteiger partial charge >= 0.3 is 0 Å². The Labute approximate surface area is 145 Å². The number of nitrogens with zero attached hydrogens (tertiary/aromatic N) is 1. The van der Waals surface area contributed by atoms with E-state index in [2.05, 4.69) is 19.1 Å². The van der Waals surface area contributed by atoms with Gasteiger partial charge in [-0.3, -0.25) is 0 Å². The first-order chi connectivity index (χ1) is 11.3. The highest BCUT2D eigenvalue weighted by Crippen LogP contribution is 2.38. The van der Waals surface area contributed by atoms with Crippen LogP contribution in [0.1, 0.15) is 46.7 Å². The van der Waals surface area contributed by atoms with Crippen LogP contribution in [0.5, 0.6) is 0 Å². The topological polar surface area (TPSA) is 37.4 Å². The van der Waals surface area contributed by atoms with E-state index in [4.69, 9.17) is 0 Å². The van der Waals surface area contributed by atoms with Crippen LogP contribution in [0.25, 0.3) is 0 Å². The first kappa shape index (κ1) is 17.2. The molecule has 0 radical (unpaired) electrons. The second kappa shape index (κ2) is 6.34. The van der Waals surface area contributed by atoms with E-state index >= 15 is 0 Å². The van der Waals surface area contributed by atoms with Gasteiger partial charge in [0.1, 0.15) is 0 Å². The normalized spacial score (nSPS) is 18.9. The molecule has 1 saturated heterocycles. The third-order valence-electron chi connectivity index (χ3n) is 5.13. The predicted octanol–water partition coefficient (Wildman–Crippen LogP) is 4.45. The zero-order chi connectivity index (χ0) is 17.5. The van der Waals surface area contributed by atoms with Crippen molar-refractivity contribution in [2.45, 2.75) is 51.5 Å². The average molecular weight is 343 g/mol. The van der Waals surface area contributed by atoms with Crippen molar-refractivity contribution in [3.05, 3.63) is 64.2 Å². The van der Waals surface area contributed by atoms with Gasteiger partial charge in [-0.2, -0.15) is 4.31 Å². The van der Waals surface area contributed by atoms with Crippen molar-refractivity contribution in [3.8, 4) is 0 Å². The van der Waals surface area contributed by atoms with Crippen LogP contribution in [0.15, 0.2) is 41.3 Å². The molecule has 24 heavy (non-hydrogen) atoms. The molecule has 3 nitrogen and oxygen atoms in total. The summed E-state index contributed by atoms with van der Waals surface area (Å²) in [5, 5.41) is 0. The van der Waals surface area contributed by atoms with Crippen LogP contribution in [0.2, 0.25) is 0 Å². The van der Waals surface area contributed by atoms with Gasteiger partial charge < -0.3 is 0 Å². The molecule has 0 N–H and O–H groups in total. The van der Waals surface area contributed by atoms with E-state index in [-0.39, 0.29) is 6.04 Å². The van der Waals surface area contributed by atoms with Gasteiger partial charge in [-0.1, -0.05) is 30.3 Å². The summed E-state index contributed by atoms with van der Waals surface area (Å²) in [6.07, 6.45) is 1.79. The number of benzene rings is 2. The Morgan fingerprint density at radius 3 is 2.29 bits per heavy atom. The van der Waals surface area contributed by atoms with Crippen molar-refractivity contribution in [2.75, 3.05) is 6.54 Å². The van der Waals surface area contributed by atoms with Crippen LogP contribution in [-0.4, -0.2) is 19.3 Å². The Bertz CT molecular complexity index is 871. The minimum Gasteiger partial charge on any atom is -0.207 e. The molecule has 0 aliphatic carbocycles. The van der Waals surface area contributed by atoms with E-state index in [0.29, 0.717) is 11.4 Å². The molecular formula is C20H25NO2S. The lowest BCUT2D eigenvalue weighted by atomic mass is 10.0. The highest BCUT2D eigenvalue weighted by molar-refractivity contribution is 7.89. The van der Waals surface area contributed by atoms with Crippen molar-refractivity contribution in [1.29, 1.82) is 0 Å². The summed E-state index contributed by atoms with van der Waals surface area (Å²) in [7, 11) is -3.49. The summed E-state index contributed by atoms with van der Waals surface area (Å²) in [5.74, 6) is 0. The van der Waals surface area contributed by atoms with E-state index in [0.717, 1.165) is 40.7 Å². The van der Waals surface area contributed by atoms with E-state index in [1.807, 2.05) is 45.0 Å². The molecule has 3 rings (SSSR count). The molecule has 0 aromatic heterocycles. The molecule has 0 unspecified atom stereocenters. The Balaban J connectivity index is 2.06. The first-order valence-corrected chi connectivity index (χ1v) is 9.91. The molecule has 1 fully saturated rings. The van der Waals surface area contributed by atoms with Crippen LogP contribution < -0.4 is 0 Å². The van der Waals surface area contributed by atoms with Crippen LogP contribution in [0, 0.1) is 27.7 Å². The Kier molecular flexibility index (Phi) is 4.54. The van der Waals surface area contributed by atoms with E-state index in [1.165, 1.54) is 0 Å². The number of hydrogen-bond donors (Lipinski definition) is 0. The zero-order valence-electron chi connectivity index (χ0n) is 14.8. The van der Waals surface area contributed by atoms with Gasteiger partial charge in [0.05, 0.1) is 10.9 Å². The molecule has 1 aliphatic rings. The van der Waals surface area contributed by atoms with E-state index in [9.17, 15) is 8.42 Å². The fourth-order valence-electron chi connectivity index (χ4n) is 3.64. The standard InChI is InChI=1S/C20H25NO2S/c1-14-8-5-6-9-18(14)19-10-7-11-21(19)24(22,23)20-13-16(3)15(2)12-17(20)4/h5-6,8-9,12-13,19H,7,10-11H2,1-4H3/t19-/m0/s1. The lowest BCUT2D eigenvalue weighted by molar-refractivity contribution is 0.395. The van der Waals surface area contributed by atoms with Gasteiger partial charge in [0.25, 0.3) is 0 Å². The number of hydrogen-bond acceptors (Lipinski definition) is 2. The molecule has 4 heteroatoms. The molecule has 2 aromatic rings. The highest BCUT2D eigenvalue weighted by atomic mass is 32.2. The molecule has 0 spiro atoms. The number of sulfonamides is 1. The third kappa shape index (κ3) is 2.89. The fourth-order valence-corrected chi connectivity index (χ4v) is 5.61. The molecule has 0 bridgehead atoms. The summed E-state index contributed by atoms with van der Waals surface area (Å²) in [6, 6.07) is 11.8. The Morgan fingerprint density at radius 2 is 1.58 bits per heavy atom. The van der Waals surface area contributed by atoms with Crippen molar-refractivity contribution >= 4 is 10.0 Å². The van der Waals surface area contributed by atoms with Crippen LogP contribution in [0.4, 0.5) is 0 Å². The highest BCUT2D eigenvalue weighted by Gasteiger charge is 2.37. The second-order valence-corrected chi connectivity index (χ2v) is 8.69. The lowest BCUT2D eigenvalue weighted by Crippen LogP contribution is -2.31. The monoisotopic (exact) mass is 343 g/mol. The maximum atomic E-state index is 13.3. The molecule has 1 aliphatic heterocycles. The summed E-state index contributed by atoms with van der Waals surface area (Å²) in [5.41, 5.74) is 5.25. The predicted molar refractivity (Wildman–Crippen MR) is 97.7 cm³/mol. The van der Waals surface area contributed by atoms with Crippen LogP contribution >= 0.6 is 0 Å². The SMILES string of the molecule is Cc1cc(C)c(S(=O)(=O)N2CCC[C@H]2c2ccccc2C)cc1C. The summed E-state index contributed by atoms with van der Waals surface area (Å²) in [6.45, 7) is 8.52. The first-order valence-electron chi connectivity index (χ1n) is 8.47. The molecule has 2 aromatic carbocycles. The van der Waals surface area contributed by atoms with Crippen molar-refractivity contribution in [1.82, 2.24) is 4.31 Å². The third-order valence-corrected chi connectivity index (χ3v) is 7.18. The van der Waals surface area contributed by atoms with Gasteiger partial charge in [0.15, 0.2) is 0 Å².